The van der Waals surface area contributed by atoms with Crippen molar-refractivity contribution in [2.24, 2.45) is 17.1 Å². The number of hydrogen-bond donors (Lipinski definition) is 4. The lowest BCUT2D eigenvalue weighted by molar-refractivity contribution is -0.132. The van der Waals surface area contributed by atoms with Gasteiger partial charge in [0.25, 0.3) is 0 Å². The van der Waals surface area contributed by atoms with Crippen LogP contribution in [0.4, 0.5) is 29.5 Å². The highest BCUT2D eigenvalue weighted by Gasteiger charge is 2.66. The van der Waals surface area contributed by atoms with Gasteiger partial charge in [0, 0.05) is 55.5 Å². The van der Waals surface area contributed by atoms with E-state index in [0.29, 0.717) is 13.1 Å². The summed E-state index contributed by atoms with van der Waals surface area (Å²) >= 11 is 0. The Balaban J connectivity index is 1.33. The zero-order valence-electron chi connectivity index (χ0n) is 20.9. The molecule has 0 bridgehead atoms. The lowest BCUT2D eigenvalue weighted by atomic mass is 9.96. The highest BCUT2D eigenvalue weighted by Crippen LogP contribution is 2.61. The topological polar surface area (TPSA) is 147 Å². The Bertz CT molecular complexity index is 1480. The van der Waals surface area contributed by atoms with Crippen LogP contribution in [0.1, 0.15) is 17.9 Å². The lowest BCUT2D eigenvalue weighted by Gasteiger charge is -2.37. The predicted octanol–water partition coefficient (Wildman–Crippen LogP) is 3.34. The summed E-state index contributed by atoms with van der Waals surface area (Å²) in [5.74, 6) is -5.70. The number of nitrogens with two attached hydrogens (primary N) is 1. The number of urea groups is 1. The second-order valence-corrected chi connectivity index (χ2v) is 9.72. The van der Waals surface area contributed by atoms with Crippen LogP contribution in [-0.4, -0.2) is 52.5 Å². The average molecular weight is 556 g/mol. The van der Waals surface area contributed by atoms with Crippen LogP contribution >= 0.6 is 0 Å². The number of nitrogens with one attached hydrogen (secondary N) is 2. The minimum absolute atomic E-state index is 0.0206. The molecule has 2 fully saturated rings. The molecule has 1 saturated heterocycles. The number of pyridine rings is 1. The number of amides is 4. The van der Waals surface area contributed by atoms with E-state index in [0.717, 1.165) is 24.3 Å². The summed E-state index contributed by atoms with van der Waals surface area (Å²) in [5.41, 5.74) is 3.61. The molecule has 0 radical (unpaired) electrons. The van der Waals surface area contributed by atoms with Gasteiger partial charge in [0.15, 0.2) is 11.6 Å². The monoisotopic (exact) mass is 555 g/mol. The van der Waals surface area contributed by atoms with Crippen molar-refractivity contribution in [1.29, 1.82) is 0 Å². The molecule has 1 saturated carbocycles. The smallest absolute Gasteiger partial charge is 0.323 e. The quantitative estimate of drug-likeness (QED) is 0.314. The van der Waals surface area contributed by atoms with Crippen molar-refractivity contribution in [3.63, 3.8) is 0 Å². The number of hydrogen-bond acceptors (Lipinski definition) is 6. The summed E-state index contributed by atoms with van der Waals surface area (Å²) in [7, 11) is 0. The van der Waals surface area contributed by atoms with Gasteiger partial charge in [0.05, 0.1) is 0 Å². The first-order chi connectivity index (χ1) is 19.1. The average Bonchev–Trinajstić information content (AvgIpc) is 3.64. The summed E-state index contributed by atoms with van der Waals surface area (Å²) < 4.78 is 48.9. The van der Waals surface area contributed by atoms with Gasteiger partial charge in [-0.15, -0.1) is 0 Å². The molecule has 4 amide bonds. The van der Waals surface area contributed by atoms with Gasteiger partial charge < -0.3 is 25.8 Å². The number of halogens is 3. The van der Waals surface area contributed by atoms with E-state index in [1.165, 1.54) is 35.4 Å². The van der Waals surface area contributed by atoms with E-state index in [4.69, 9.17) is 15.6 Å². The van der Waals surface area contributed by atoms with Crippen LogP contribution in [-0.2, 0) is 9.59 Å². The molecule has 208 valence electrons. The fourth-order valence-corrected chi connectivity index (χ4v) is 4.67. The van der Waals surface area contributed by atoms with Crippen molar-refractivity contribution >= 4 is 29.4 Å². The number of carbonyl (C=O) groups excluding carboxylic acids is 3. The first-order valence-corrected chi connectivity index (χ1v) is 12.3. The lowest BCUT2D eigenvalue weighted by Crippen LogP contribution is -2.52. The zero-order valence-corrected chi connectivity index (χ0v) is 20.9. The summed E-state index contributed by atoms with van der Waals surface area (Å²) in [6.07, 6.45) is 1.13. The van der Waals surface area contributed by atoms with Crippen molar-refractivity contribution in [3.05, 3.63) is 77.7 Å². The molecular weight excluding hydrogens is 531 g/mol. The molecule has 1 aliphatic carbocycles. The van der Waals surface area contributed by atoms with Gasteiger partial charge in [-0.25, -0.2) is 22.9 Å². The summed E-state index contributed by atoms with van der Waals surface area (Å²) in [6.45, 7) is 0.768. The Hall–Kier alpha value is -4.65. The molecule has 1 aliphatic heterocycles. The van der Waals surface area contributed by atoms with Crippen LogP contribution < -0.4 is 21.1 Å². The first kappa shape index (κ1) is 26.9. The SMILES string of the molecule is NC(=O)C1(C(=O)Nc2ccc(F)cc2)CC1c1cc(F)cc(Oc2ccnc(NC(=O)N3CC(CO)C3)c2)c1F. The van der Waals surface area contributed by atoms with Crippen molar-refractivity contribution in [2.45, 2.75) is 12.3 Å². The minimum Gasteiger partial charge on any atom is -0.454 e. The number of aliphatic hydroxyl groups excluding tert-OH is 1. The molecule has 5 rings (SSSR count). The molecule has 2 aromatic carbocycles. The number of rotatable bonds is 8. The second kappa shape index (κ2) is 10.5. The fraction of sp³-hybridized carbons (Fsp3) is 0.259. The molecule has 40 heavy (non-hydrogen) atoms. The van der Waals surface area contributed by atoms with Crippen molar-refractivity contribution in [3.8, 4) is 11.5 Å². The van der Waals surface area contributed by atoms with E-state index in [1.807, 2.05) is 0 Å². The van der Waals surface area contributed by atoms with E-state index >= 15 is 4.39 Å². The number of ether oxygens (including phenoxy) is 1. The second-order valence-electron chi connectivity index (χ2n) is 9.72. The van der Waals surface area contributed by atoms with Crippen molar-refractivity contribution < 1.29 is 37.4 Å². The Kier molecular flexibility index (Phi) is 7.06. The first-order valence-electron chi connectivity index (χ1n) is 12.3. The Morgan fingerprint density at radius 3 is 2.45 bits per heavy atom. The molecule has 1 aromatic heterocycles. The minimum atomic E-state index is -1.85. The van der Waals surface area contributed by atoms with Gasteiger partial charge in [-0.3, -0.25) is 14.9 Å². The Morgan fingerprint density at radius 1 is 1.05 bits per heavy atom. The van der Waals surface area contributed by atoms with Crippen LogP contribution in [0.25, 0.3) is 0 Å². The summed E-state index contributed by atoms with van der Waals surface area (Å²) in [4.78, 5) is 43.2. The molecule has 5 N–H and O–H groups in total. The maximum atomic E-state index is 15.6. The largest absolute Gasteiger partial charge is 0.454 e. The molecule has 0 spiro atoms. The molecule has 2 atom stereocenters. The molecule has 2 heterocycles. The number of primary amides is 1. The number of aliphatic hydroxyl groups is 1. The summed E-state index contributed by atoms with van der Waals surface area (Å²) in [5, 5.41) is 14.1. The van der Waals surface area contributed by atoms with Gasteiger partial charge in [0.2, 0.25) is 11.8 Å². The van der Waals surface area contributed by atoms with Crippen LogP contribution in [0, 0.1) is 28.8 Å². The van der Waals surface area contributed by atoms with Gasteiger partial charge in [0.1, 0.15) is 28.6 Å². The maximum Gasteiger partial charge on any atom is 0.323 e. The van der Waals surface area contributed by atoms with Crippen molar-refractivity contribution in [2.75, 3.05) is 30.3 Å². The van der Waals surface area contributed by atoms with Gasteiger partial charge in [-0.1, -0.05) is 0 Å². The van der Waals surface area contributed by atoms with Gasteiger partial charge >= 0.3 is 6.03 Å². The zero-order chi connectivity index (χ0) is 28.6. The van der Waals surface area contributed by atoms with E-state index in [9.17, 15) is 23.2 Å². The highest BCUT2D eigenvalue weighted by atomic mass is 19.1. The maximum absolute atomic E-state index is 15.6. The highest BCUT2D eigenvalue weighted by molar-refractivity contribution is 6.14. The standard InChI is InChI=1S/C27H24F3N5O5/c28-15-1-3-17(4-2-15)33-25(38)27(24(31)37)10-20(27)19-7-16(29)8-21(23(19)30)40-18-5-6-32-22(9-18)34-26(39)35-11-14(12-35)13-36/h1-9,14,20,36H,10-13H2,(H2,31,37)(H,33,38)(H,32,34,39). The molecule has 10 nitrogen and oxygen atoms in total. The van der Waals surface area contributed by atoms with E-state index in [2.05, 4.69) is 15.6 Å². The predicted molar refractivity (Wildman–Crippen MR) is 136 cm³/mol. The summed E-state index contributed by atoms with van der Waals surface area (Å²) in [6, 6.07) is 8.71. The number of anilines is 2. The number of benzene rings is 2. The molecule has 3 aromatic rings. The fourth-order valence-electron chi connectivity index (χ4n) is 4.67. The van der Waals surface area contributed by atoms with E-state index in [-0.39, 0.29) is 41.8 Å². The van der Waals surface area contributed by atoms with E-state index < -0.39 is 52.4 Å². The van der Waals surface area contributed by atoms with Gasteiger partial charge in [-0.05, 0) is 48.4 Å². The molecule has 13 heteroatoms. The normalized spacial score (nSPS) is 19.9. The van der Waals surface area contributed by atoms with Crippen molar-refractivity contribution in [1.82, 2.24) is 9.88 Å². The number of aromatic nitrogens is 1. The Morgan fingerprint density at radius 2 is 1.77 bits per heavy atom. The third-order valence-corrected chi connectivity index (χ3v) is 7.01. The van der Waals surface area contributed by atoms with Gasteiger partial charge in [-0.2, -0.15) is 0 Å². The number of carbonyl (C=O) groups is 3. The Labute approximate surface area is 225 Å². The molecule has 2 unspecified atom stereocenters. The van der Waals surface area contributed by atoms with Crippen LogP contribution in [0.2, 0.25) is 0 Å². The van der Waals surface area contributed by atoms with Crippen LogP contribution in [0.3, 0.4) is 0 Å². The van der Waals surface area contributed by atoms with E-state index in [1.54, 1.807) is 0 Å². The third kappa shape index (κ3) is 5.15. The third-order valence-electron chi connectivity index (χ3n) is 7.01. The molecular formula is C27H24F3N5O5. The van der Waals surface area contributed by atoms with Crippen LogP contribution in [0.5, 0.6) is 11.5 Å². The number of likely N-dealkylation sites (tertiary alicyclic amines) is 1. The van der Waals surface area contributed by atoms with Crippen LogP contribution in [0.15, 0.2) is 54.7 Å². The number of nitrogens with zero attached hydrogens (tertiary/aromatic N) is 2. The molecule has 2 aliphatic rings.